The molecule has 0 unspecified atom stereocenters. The minimum Gasteiger partial charge on any atom is -0.298 e. The van der Waals surface area contributed by atoms with E-state index in [4.69, 9.17) is 6.42 Å². The van der Waals surface area contributed by atoms with E-state index in [1.165, 1.54) is 0 Å². The van der Waals surface area contributed by atoms with E-state index >= 15 is 0 Å². The van der Waals surface area contributed by atoms with Gasteiger partial charge in [0.2, 0.25) is 0 Å². The third-order valence-corrected chi connectivity index (χ3v) is 1.70. The second-order valence-corrected chi connectivity index (χ2v) is 2.83. The number of terminal acetylenes is 1. The Hall–Kier alpha value is -0.420. The first-order chi connectivity index (χ1) is 4.31. The average molecular weight is 142 g/mol. The third-order valence-electron chi connectivity index (χ3n) is 0.766. The van der Waals surface area contributed by atoms with Gasteiger partial charge in [0.1, 0.15) is 0 Å². The summed E-state index contributed by atoms with van der Waals surface area (Å²) in [7, 11) is 0. The fourth-order valence-electron chi connectivity index (χ4n) is 0.381. The van der Waals surface area contributed by atoms with Gasteiger partial charge in [-0.25, -0.2) is 0 Å². The summed E-state index contributed by atoms with van der Waals surface area (Å²) < 4.78 is 0. The molecule has 0 spiro atoms. The van der Waals surface area contributed by atoms with E-state index in [0.29, 0.717) is 5.75 Å². The molecular formula is C7H10OS. The van der Waals surface area contributed by atoms with Gasteiger partial charge < -0.3 is 0 Å². The van der Waals surface area contributed by atoms with E-state index in [-0.39, 0.29) is 12.2 Å². The Morgan fingerprint density at radius 3 is 2.89 bits per heavy atom. The van der Waals surface area contributed by atoms with Gasteiger partial charge in [-0.1, -0.05) is 12.8 Å². The molecule has 0 heterocycles. The SMILES string of the molecule is C#CCC(=O)CSCC. The molecule has 0 aromatic rings. The van der Waals surface area contributed by atoms with Crippen LogP contribution in [0.15, 0.2) is 0 Å². The number of carbonyl (C=O) groups excluding carboxylic acids is 1. The van der Waals surface area contributed by atoms with Crippen molar-refractivity contribution in [1.29, 1.82) is 0 Å². The maximum absolute atomic E-state index is 10.6. The van der Waals surface area contributed by atoms with Crippen molar-refractivity contribution in [1.82, 2.24) is 0 Å². The van der Waals surface area contributed by atoms with E-state index < -0.39 is 0 Å². The van der Waals surface area contributed by atoms with Gasteiger partial charge in [0.05, 0.1) is 12.2 Å². The summed E-state index contributed by atoms with van der Waals surface area (Å²) in [6.45, 7) is 2.02. The zero-order valence-corrected chi connectivity index (χ0v) is 6.33. The molecule has 0 saturated heterocycles. The molecule has 50 valence electrons. The van der Waals surface area contributed by atoms with Crippen LogP contribution in [0, 0.1) is 12.3 Å². The molecule has 0 atom stereocenters. The van der Waals surface area contributed by atoms with Gasteiger partial charge in [-0.15, -0.1) is 6.42 Å². The zero-order valence-electron chi connectivity index (χ0n) is 5.52. The summed E-state index contributed by atoms with van der Waals surface area (Å²) in [6, 6.07) is 0. The number of hydrogen-bond acceptors (Lipinski definition) is 2. The highest BCUT2D eigenvalue weighted by Gasteiger charge is 1.96. The molecule has 0 aliphatic heterocycles. The summed E-state index contributed by atoms with van der Waals surface area (Å²) in [5.74, 6) is 4.02. The monoisotopic (exact) mass is 142 g/mol. The van der Waals surface area contributed by atoms with Crippen LogP contribution in [0.25, 0.3) is 0 Å². The van der Waals surface area contributed by atoms with Crippen molar-refractivity contribution in [3.63, 3.8) is 0 Å². The van der Waals surface area contributed by atoms with Gasteiger partial charge in [-0.3, -0.25) is 4.79 Å². The standard InChI is InChI=1S/C7H10OS/c1-3-5-7(8)6-9-4-2/h1H,4-6H2,2H3. The molecular weight excluding hydrogens is 132 g/mol. The lowest BCUT2D eigenvalue weighted by Crippen LogP contribution is -1.98. The second-order valence-electron chi connectivity index (χ2n) is 1.56. The van der Waals surface area contributed by atoms with Gasteiger partial charge in [-0.2, -0.15) is 11.8 Å². The van der Waals surface area contributed by atoms with Crippen LogP contribution in [-0.4, -0.2) is 17.3 Å². The predicted octanol–water partition coefficient (Wildman–Crippen LogP) is 1.33. The molecule has 9 heavy (non-hydrogen) atoms. The van der Waals surface area contributed by atoms with E-state index in [2.05, 4.69) is 5.92 Å². The van der Waals surface area contributed by atoms with Crippen LogP contribution < -0.4 is 0 Å². The lowest BCUT2D eigenvalue weighted by Gasteiger charge is -1.91. The molecule has 0 aliphatic rings. The number of carbonyl (C=O) groups is 1. The van der Waals surface area contributed by atoms with E-state index in [1.807, 2.05) is 6.92 Å². The van der Waals surface area contributed by atoms with E-state index in [0.717, 1.165) is 5.75 Å². The van der Waals surface area contributed by atoms with Crippen molar-refractivity contribution in [3.8, 4) is 12.3 Å². The van der Waals surface area contributed by atoms with Crippen LogP contribution in [0.2, 0.25) is 0 Å². The van der Waals surface area contributed by atoms with Crippen molar-refractivity contribution in [3.05, 3.63) is 0 Å². The summed E-state index contributed by atoms with van der Waals surface area (Å²) in [4.78, 5) is 10.6. The molecule has 0 bridgehead atoms. The van der Waals surface area contributed by atoms with Crippen LogP contribution in [0.4, 0.5) is 0 Å². The van der Waals surface area contributed by atoms with Gasteiger partial charge in [0.25, 0.3) is 0 Å². The molecule has 0 amide bonds. The quantitative estimate of drug-likeness (QED) is 0.551. The van der Waals surface area contributed by atoms with Gasteiger partial charge in [0, 0.05) is 0 Å². The average Bonchev–Trinajstić information content (AvgIpc) is 1.85. The lowest BCUT2D eigenvalue weighted by atomic mass is 10.3. The lowest BCUT2D eigenvalue weighted by molar-refractivity contribution is -0.115. The van der Waals surface area contributed by atoms with Crippen molar-refractivity contribution in [2.24, 2.45) is 0 Å². The number of Topliss-reactive ketones (excluding diaryl/α,β-unsaturated/α-hetero) is 1. The highest BCUT2D eigenvalue weighted by molar-refractivity contribution is 7.99. The van der Waals surface area contributed by atoms with E-state index in [1.54, 1.807) is 11.8 Å². The van der Waals surface area contributed by atoms with Crippen LogP contribution >= 0.6 is 11.8 Å². The highest BCUT2D eigenvalue weighted by atomic mass is 32.2. The Bertz CT molecular complexity index is 123. The Morgan fingerprint density at radius 1 is 1.78 bits per heavy atom. The summed E-state index contributed by atoms with van der Waals surface area (Å²) >= 11 is 1.61. The first-order valence-electron chi connectivity index (χ1n) is 2.84. The Labute approximate surface area is 60.2 Å². The topological polar surface area (TPSA) is 17.1 Å². The minimum absolute atomic E-state index is 0.157. The van der Waals surface area contributed by atoms with Gasteiger partial charge in [0.15, 0.2) is 5.78 Å². The molecule has 0 saturated carbocycles. The molecule has 0 N–H and O–H groups in total. The number of rotatable bonds is 4. The number of ketones is 1. The summed E-state index contributed by atoms with van der Waals surface area (Å²) in [6.07, 6.45) is 5.21. The Balaban J connectivity index is 3.19. The summed E-state index contributed by atoms with van der Waals surface area (Å²) in [5.41, 5.74) is 0. The third kappa shape index (κ3) is 5.45. The molecule has 0 radical (unpaired) electrons. The molecule has 0 aromatic heterocycles. The van der Waals surface area contributed by atoms with E-state index in [9.17, 15) is 4.79 Å². The van der Waals surface area contributed by atoms with Crippen molar-refractivity contribution >= 4 is 17.5 Å². The number of hydrogen-bond donors (Lipinski definition) is 0. The van der Waals surface area contributed by atoms with Crippen molar-refractivity contribution in [2.45, 2.75) is 13.3 Å². The summed E-state index contributed by atoms with van der Waals surface area (Å²) in [5, 5.41) is 0. The number of thioether (sulfide) groups is 1. The van der Waals surface area contributed by atoms with Crippen LogP contribution in [0.3, 0.4) is 0 Å². The van der Waals surface area contributed by atoms with Crippen LogP contribution in [0.5, 0.6) is 0 Å². The Morgan fingerprint density at radius 2 is 2.44 bits per heavy atom. The van der Waals surface area contributed by atoms with Crippen LogP contribution in [-0.2, 0) is 4.79 Å². The maximum Gasteiger partial charge on any atom is 0.154 e. The van der Waals surface area contributed by atoms with Crippen LogP contribution in [0.1, 0.15) is 13.3 Å². The Kier molecular flexibility index (Phi) is 5.45. The second kappa shape index (κ2) is 5.71. The largest absolute Gasteiger partial charge is 0.298 e. The maximum atomic E-state index is 10.6. The van der Waals surface area contributed by atoms with Crippen molar-refractivity contribution in [2.75, 3.05) is 11.5 Å². The predicted molar refractivity (Wildman–Crippen MR) is 41.5 cm³/mol. The molecule has 2 heteroatoms. The molecule has 0 fully saturated rings. The first-order valence-corrected chi connectivity index (χ1v) is 3.99. The minimum atomic E-state index is 0.157. The van der Waals surface area contributed by atoms with Crippen molar-refractivity contribution < 1.29 is 4.79 Å². The smallest absolute Gasteiger partial charge is 0.154 e. The molecule has 1 nitrogen and oxygen atoms in total. The first kappa shape index (κ1) is 8.58. The molecule has 0 aromatic carbocycles. The molecule has 0 rings (SSSR count). The fraction of sp³-hybridized carbons (Fsp3) is 0.571. The fourth-order valence-corrected chi connectivity index (χ4v) is 0.915. The van der Waals surface area contributed by atoms with Gasteiger partial charge >= 0.3 is 0 Å². The normalized spacial score (nSPS) is 8.44. The highest BCUT2D eigenvalue weighted by Crippen LogP contribution is 1.98. The zero-order chi connectivity index (χ0) is 7.11. The molecule has 0 aliphatic carbocycles. The van der Waals surface area contributed by atoms with Gasteiger partial charge in [-0.05, 0) is 5.75 Å².